The molecule has 5 rings (SSSR count). The number of halogens is 1. The fourth-order valence-corrected chi connectivity index (χ4v) is 4.21. The Hall–Kier alpha value is -1.91. The van der Waals surface area contributed by atoms with E-state index in [0.717, 1.165) is 0 Å². The number of aromatic amines is 1. The predicted octanol–water partition coefficient (Wildman–Crippen LogP) is 2.19. The number of aromatic nitrogens is 3. The molecule has 0 amide bonds. The summed E-state index contributed by atoms with van der Waals surface area (Å²) in [6, 6.07) is 6.14. The van der Waals surface area contributed by atoms with Gasteiger partial charge in [0.15, 0.2) is 11.8 Å². The molecule has 8 nitrogen and oxygen atoms in total. The number of aliphatic hydroxyl groups excluding tert-OH is 1. The summed E-state index contributed by atoms with van der Waals surface area (Å²) in [5.41, 5.74) is 1.19. The Morgan fingerprint density at radius 1 is 1.33 bits per heavy atom. The average Bonchev–Trinajstić information content (AvgIpc) is 3.41. The van der Waals surface area contributed by atoms with E-state index in [2.05, 4.69) is 20.3 Å². The molecule has 5 heterocycles. The molecule has 3 aromatic heterocycles. The lowest BCUT2D eigenvalue weighted by molar-refractivity contribution is 0.00706. The molecule has 142 valence electrons. The van der Waals surface area contributed by atoms with Crippen LogP contribution in [0, 0.1) is 0 Å². The number of anilines is 1. The summed E-state index contributed by atoms with van der Waals surface area (Å²) < 4.78 is 17.0. The third-order valence-electron chi connectivity index (χ3n) is 4.66. The van der Waals surface area contributed by atoms with Crippen molar-refractivity contribution < 1.29 is 19.3 Å². The predicted molar refractivity (Wildman–Crippen MR) is 100 cm³/mol. The molecule has 2 saturated heterocycles. The Labute approximate surface area is 163 Å². The average molecular weight is 409 g/mol. The minimum Gasteiger partial charge on any atom is -0.456 e. The molecule has 2 aliphatic rings. The maximum atomic E-state index is 9.82. The largest absolute Gasteiger partial charge is 0.456 e. The number of nitrogens with one attached hydrogen (secondary N) is 2. The van der Waals surface area contributed by atoms with Crippen molar-refractivity contribution in [1.82, 2.24) is 15.0 Å². The molecule has 10 heteroatoms. The molecule has 3 N–H and O–H groups in total. The molecule has 4 atom stereocenters. The van der Waals surface area contributed by atoms with Crippen molar-refractivity contribution in [3.05, 3.63) is 33.5 Å². The van der Waals surface area contributed by atoms with Gasteiger partial charge in [0.2, 0.25) is 0 Å². The van der Waals surface area contributed by atoms with Crippen molar-refractivity contribution in [3.8, 4) is 6.01 Å². The number of nitrogens with zero attached hydrogens (tertiary/aromatic N) is 2. The van der Waals surface area contributed by atoms with E-state index in [9.17, 15) is 5.11 Å². The van der Waals surface area contributed by atoms with E-state index in [1.807, 2.05) is 17.5 Å². The van der Waals surface area contributed by atoms with Gasteiger partial charge in [-0.15, -0.1) is 11.3 Å². The molecule has 2 aliphatic heterocycles. The van der Waals surface area contributed by atoms with Crippen LogP contribution in [0.1, 0.15) is 4.88 Å². The van der Waals surface area contributed by atoms with Gasteiger partial charge < -0.3 is 29.6 Å². The molecule has 0 spiro atoms. The number of imidazole rings is 1. The number of hydrogen-bond donors (Lipinski definition) is 3. The second-order valence-electron chi connectivity index (χ2n) is 6.48. The number of fused-ring (bicyclic) bond motifs is 2. The van der Waals surface area contributed by atoms with Crippen LogP contribution >= 0.6 is 22.9 Å². The maximum Gasteiger partial charge on any atom is 0.296 e. The Bertz CT molecular complexity index is 950. The number of hydrogen-bond acceptors (Lipinski definition) is 8. The third-order valence-corrected chi connectivity index (χ3v) is 5.82. The zero-order valence-corrected chi connectivity index (χ0v) is 15.7. The first kappa shape index (κ1) is 17.2. The summed E-state index contributed by atoms with van der Waals surface area (Å²) in [5.74, 6) is 0.571. The van der Waals surface area contributed by atoms with E-state index in [0.29, 0.717) is 41.2 Å². The fourth-order valence-electron chi connectivity index (χ4n) is 3.35. The van der Waals surface area contributed by atoms with E-state index in [4.69, 9.17) is 25.8 Å². The Balaban J connectivity index is 1.33. The van der Waals surface area contributed by atoms with Crippen molar-refractivity contribution in [1.29, 1.82) is 0 Å². The topological polar surface area (TPSA) is 102 Å². The Morgan fingerprint density at radius 3 is 3.07 bits per heavy atom. The molecule has 27 heavy (non-hydrogen) atoms. The van der Waals surface area contributed by atoms with Gasteiger partial charge >= 0.3 is 0 Å². The number of thiophene rings is 1. The standard InChI is InChI=1S/C17H17ClN4O4S/c18-9-4-10-16(21-15(9)19-5-8-2-1-3-27-8)22-17(20-10)26-12-7-25-13-11(23)6-24-14(12)13/h1-4,11-14,23H,5-7H2,(H2,19,20,21,22)/t11-,12-,13-,14-/m1/s1. The van der Waals surface area contributed by atoms with Crippen LogP contribution in [0.15, 0.2) is 23.6 Å². The monoisotopic (exact) mass is 408 g/mol. The molecular weight excluding hydrogens is 392 g/mol. The van der Waals surface area contributed by atoms with Crippen LogP contribution < -0.4 is 10.1 Å². The highest BCUT2D eigenvalue weighted by molar-refractivity contribution is 7.09. The lowest BCUT2D eigenvalue weighted by atomic mass is 10.1. The highest BCUT2D eigenvalue weighted by Gasteiger charge is 2.48. The van der Waals surface area contributed by atoms with Crippen LogP contribution in [-0.2, 0) is 16.0 Å². The SMILES string of the molecule is O[C@@H]1CO[C@H]2[C@@H]1OC[C@H]2Oc1nc2nc(NCc3cccs3)c(Cl)cc2[nH]1. The molecule has 0 unspecified atom stereocenters. The summed E-state index contributed by atoms with van der Waals surface area (Å²) in [6.45, 7) is 1.24. The van der Waals surface area contributed by atoms with Crippen molar-refractivity contribution in [3.63, 3.8) is 0 Å². The van der Waals surface area contributed by atoms with Crippen molar-refractivity contribution >= 4 is 39.9 Å². The first-order valence-corrected chi connectivity index (χ1v) is 9.83. The zero-order chi connectivity index (χ0) is 18.4. The van der Waals surface area contributed by atoms with E-state index in [1.54, 1.807) is 17.4 Å². The molecule has 0 aliphatic carbocycles. The number of aliphatic hydroxyl groups is 1. The van der Waals surface area contributed by atoms with Gasteiger partial charge in [-0.1, -0.05) is 17.7 Å². The first-order valence-electron chi connectivity index (χ1n) is 8.58. The number of ether oxygens (including phenoxy) is 3. The maximum absolute atomic E-state index is 9.82. The molecule has 0 radical (unpaired) electrons. The summed E-state index contributed by atoms with van der Waals surface area (Å²) in [5, 5.41) is 15.6. The summed E-state index contributed by atoms with van der Waals surface area (Å²) >= 11 is 8.00. The molecule has 3 aromatic rings. The van der Waals surface area contributed by atoms with Crippen molar-refractivity contribution in [2.45, 2.75) is 31.0 Å². The van der Waals surface area contributed by atoms with Gasteiger partial charge in [-0.25, -0.2) is 4.98 Å². The number of pyridine rings is 1. The normalized spacial score (nSPS) is 27.2. The number of rotatable bonds is 5. The highest BCUT2D eigenvalue weighted by atomic mass is 35.5. The van der Waals surface area contributed by atoms with Gasteiger partial charge in [0.1, 0.15) is 24.1 Å². The molecule has 0 bridgehead atoms. The minimum atomic E-state index is -0.614. The summed E-state index contributed by atoms with van der Waals surface area (Å²) in [7, 11) is 0. The van der Waals surface area contributed by atoms with Gasteiger partial charge in [0.25, 0.3) is 6.01 Å². The highest BCUT2D eigenvalue weighted by Crippen LogP contribution is 2.31. The fraction of sp³-hybridized carbons (Fsp3) is 0.412. The molecular formula is C17H17ClN4O4S. The van der Waals surface area contributed by atoms with Gasteiger partial charge in [-0.3, -0.25) is 0 Å². The van der Waals surface area contributed by atoms with Crippen LogP contribution in [0.4, 0.5) is 5.82 Å². The third kappa shape index (κ3) is 3.26. The second kappa shape index (κ2) is 6.92. The second-order valence-corrected chi connectivity index (χ2v) is 7.92. The van der Waals surface area contributed by atoms with Crippen LogP contribution in [0.25, 0.3) is 11.2 Å². The van der Waals surface area contributed by atoms with Gasteiger partial charge in [0.05, 0.1) is 30.3 Å². The quantitative estimate of drug-likeness (QED) is 0.594. The van der Waals surface area contributed by atoms with Crippen LogP contribution in [0.3, 0.4) is 0 Å². The van der Waals surface area contributed by atoms with Crippen LogP contribution in [0.2, 0.25) is 5.02 Å². The molecule has 0 aromatic carbocycles. The van der Waals surface area contributed by atoms with Crippen molar-refractivity contribution in [2.75, 3.05) is 18.5 Å². The summed E-state index contributed by atoms with van der Waals surface area (Å²) in [4.78, 5) is 13.1. The smallest absolute Gasteiger partial charge is 0.296 e. The van der Waals surface area contributed by atoms with Crippen LogP contribution in [-0.4, -0.2) is 57.7 Å². The van der Waals surface area contributed by atoms with E-state index < -0.39 is 6.10 Å². The van der Waals surface area contributed by atoms with E-state index in [1.165, 1.54) is 4.88 Å². The first-order chi connectivity index (χ1) is 13.2. The number of H-pyrrole nitrogens is 1. The van der Waals surface area contributed by atoms with E-state index >= 15 is 0 Å². The van der Waals surface area contributed by atoms with Crippen LogP contribution in [0.5, 0.6) is 6.01 Å². The van der Waals surface area contributed by atoms with Gasteiger partial charge in [0, 0.05) is 4.88 Å². The zero-order valence-electron chi connectivity index (χ0n) is 14.1. The lowest BCUT2D eigenvalue weighted by Gasteiger charge is -2.15. The summed E-state index contributed by atoms with van der Waals surface area (Å²) in [6.07, 6.45) is -1.59. The minimum absolute atomic E-state index is 0.256. The van der Waals surface area contributed by atoms with Crippen molar-refractivity contribution in [2.24, 2.45) is 0 Å². The molecule has 2 fully saturated rings. The molecule has 0 saturated carbocycles. The van der Waals surface area contributed by atoms with Gasteiger partial charge in [-0.05, 0) is 17.5 Å². The van der Waals surface area contributed by atoms with Gasteiger partial charge in [-0.2, -0.15) is 4.98 Å². The Kier molecular flexibility index (Phi) is 4.41. The van der Waals surface area contributed by atoms with E-state index in [-0.39, 0.29) is 24.9 Å². The Morgan fingerprint density at radius 2 is 2.22 bits per heavy atom. The lowest BCUT2D eigenvalue weighted by Crippen LogP contribution is -2.34.